The lowest BCUT2D eigenvalue weighted by Crippen LogP contribution is -2.60. The van der Waals surface area contributed by atoms with Crippen LogP contribution in [0, 0.1) is 5.41 Å². The molecule has 1 N–H and O–H groups in total. The number of hydrogen-bond donors (Lipinski definition) is 1. The highest BCUT2D eigenvalue weighted by Gasteiger charge is 2.56. The highest BCUT2D eigenvalue weighted by atomic mass is 35.5. The van der Waals surface area contributed by atoms with Crippen LogP contribution in [0.25, 0.3) is 0 Å². The Bertz CT molecular complexity index is 446. The Morgan fingerprint density at radius 3 is 2.95 bits per heavy atom. The Labute approximate surface area is 119 Å². The number of halogens is 1. The Balaban J connectivity index is 1.74. The molecule has 19 heavy (non-hydrogen) atoms. The van der Waals surface area contributed by atoms with Gasteiger partial charge >= 0.3 is 0 Å². The minimum atomic E-state index is 0.329. The summed E-state index contributed by atoms with van der Waals surface area (Å²) in [5.41, 5.74) is 1.28. The van der Waals surface area contributed by atoms with Crippen LogP contribution in [0.5, 0.6) is 0 Å². The van der Waals surface area contributed by atoms with Crippen molar-refractivity contribution in [3.05, 3.63) is 23.5 Å². The van der Waals surface area contributed by atoms with Crippen LogP contribution in [0.3, 0.4) is 0 Å². The molecule has 0 aromatic carbocycles. The van der Waals surface area contributed by atoms with Crippen LogP contribution in [0.4, 0.5) is 5.69 Å². The quantitative estimate of drug-likeness (QED) is 0.909. The van der Waals surface area contributed by atoms with E-state index in [9.17, 15) is 0 Å². The number of ether oxygens (including phenoxy) is 1. The maximum atomic E-state index is 6.21. The molecule has 1 heterocycles. The Morgan fingerprint density at radius 1 is 1.47 bits per heavy atom. The van der Waals surface area contributed by atoms with Crippen LogP contribution in [-0.4, -0.2) is 23.7 Å². The van der Waals surface area contributed by atoms with Gasteiger partial charge in [-0.15, -0.1) is 0 Å². The standard InChI is InChI=1S/C15H21ClN2O/c1-2-19-14-9-13(15(14)6-3-4-7-15)18-12-10-17-8-5-11(12)16/h5,8,10,13-14,18H,2-4,6-7,9H2,1H3. The summed E-state index contributed by atoms with van der Waals surface area (Å²) in [6.45, 7) is 2.90. The monoisotopic (exact) mass is 280 g/mol. The summed E-state index contributed by atoms with van der Waals surface area (Å²) in [5.74, 6) is 0. The summed E-state index contributed by atoms with van der Waals surface area (Å²) in [7, 11) is 0. The van der Waals surface area contributed by atoms with Gasteiger partial charge in [-0.3, -0.25) is 4.98 Å². The molecule has 3 nitrogen and oxygen atoms in total. The highest BCUT2D eigenvalue weighted by molar-refractivity contribution is 6.33. The van der Waals surface area contributed by atoms with Gasteiger partial charge in [0.1, 0.15) is 0 Å². The average Bonchev–Trinajstić information content (AvgIpc) is 2.92. The number of hydrogen-bond acceptors (Lipinski definition) is 3. The van der Waals surface area contributed by atoms with E-state index in [2.05, 4.69) is 17.2 Å². The fourth-order valence-corrected chi connectivity index (χ4v) is 3.92. The second kappa shape index (κ2) is 5.29. The Kier molecular flexibility index (Phi) is 3.68. The molecular weight excluding hydrogens is 260 g/mol. The first-order chi connectivity index (χ1) is 9.26. The SMILES string of the molecule is CCOC1CC(Nc2cnccc2Cl)C12CCCC2. The molecule has 2 unspecified atom stereocenters. The van der Waals surface area contributed by atoms with Crippen molar-refractivity contribution in [1.29, 1.82) is 0 Å². The summed E-state index contributed by atoms with van der Waals surface area (Å²) in [6.07, 6.45) is 10.2. The third-order valence-electron chi connectivity index (χ3n) is 4.78. The van der Waals surface area contributed by atoms with Gasteiger partial charge in [0.25, 0.3) is 0 Å². The van der Waals surface area contributed by atoms with Crippen LogP contribution in [-0.2, 0) is 4.74 Å². The first kappa shape index (κ1) is 13.2. The van der Waals surface area contributed by atoms with Crippen molar-refractivity contribution in [2.75, 3.05) is 11.9 Å². The number of rotatable bonds is 4. The van der Waals surface area contributed by atoms with Crippen molar-refractivity contribution >= 4 is 17.3 Å². The fraction of sp³-hybridized carbons (Fsp3) is 0.667. The third kappa shape index (κ3) is 2.23. The number of nitrogens with one attached hydrogen (secondary N) is 1. The van der Waals surface area contributed by atoms with Crippen LogP contribution in [0.1, 0.15) is 39.0 Å². The van der Waals surface area contributed by atoms with Gasteiger partial charge in [-0.1, -0.05) is 24.4 Å². The molecule has 2 fully saturated rings. The van der Waals surface area contributed by atoms with Gasteiger partial charge in [0.2, 0.25) is 0 Å². The topological polar surface area (TPSA) is 34.1 Å². The summed E-state index contributed by atoms with van der Waals surface area (Å²) >= 11 is 6.21. The summed E-state index contributed by atoms with van der Waals surface area (Å²) in [5, 5.41) is 4.35. The molecule has 0 amide bonds. The van der Waals surface area contributed by atoms with Crippen molar-refractivity contribution in [3.63, 3.8) is 0 Å². The zero-order chi connectivity index (χ0) is 13.3. The molecule has 2 atom stereocenters. The summed E-state index contributed by atoms with van der Waals surface area (Å²) in [6, 6.07) is 2.32. The predicted octanol–water partition coefficient (Wildman–Crippen LogP) is 3.88. The summed E-state index contributed by atoms with van der Waals surface area (Å²) in [4.78, 5) is 4.15. The van der Waals surface area contributed by atoms with Crippen molar-refractivity contribution in [1.82, 2.24) is 4.98 Å². The van der Waals surface area contributed by atoms with E-state index in [-0.39, 0.29) is 0 Å². The Morgan fingerprint density at radius 2 is 2.26 bits per heavy atom. The zero-order valence-electron chi connectivity index (χ0n) is 11.4. The molecule has 0 saturated heterocycles. The molecule has 4 heteroatoms. The second-order valence-corrected chi connectivity index (χ2v) is 6.08. The zero-order valence-corrected chi connectivity index (χ0v) is 12.1. The van der Waals surface area contributed by atoms with E-state index in [1.54, 1.807) is 6.20 Å². The third-order valence-corrected chi connectivity index (χ3v) is 5.11. The largest absolute Gasteiger partial charge is 0.379 e. The van der Waals surface area contributed by atoms with Gasteiger partial charge < -0.3 is 10.1 Å². The molecule has 0 radical (unpaired) electrons. The Hall–Kier alpha value is -0.800. The average molecular weight is 281 g/mol. The molecule has 2 aliphatic carbocycles. The molecule has 104 valence electrons. The molecule has 0 bridgehead atoms. The minimum absolute atomic E-state index is 0.329. The highest BCUT2D eigenvalue weighted by Crippen LogP contribution is 2.55. The molecule has 2 saturated carbocycles. The molecular formula is C15H21ClN2O. The van der Waals surface area contributed by atoms with Crippen LogP contribution in [0.15, 0.2) is 18.5 Å². The van der Waals surface area contributed by atoms with Crippen LogP contribution < -0.4 is 5.32 Å². The van der Waals surface area contributed by atoms with Gasteiger partial charge in [0, 0.05) is 24.3 Å². The van der Waals surface area contributed by atoms with E-state index in [1.165, 1.54) is 25.7 Å². The molecule has 3 rings (SSSR count). The number of anilines is 1. The predicted molar refractivity (Wildman–Crippen MR) is 77.6 cm³/mol. The van der Waals surface area contributed by atoms with Crippen molar-refractivity contribution in [2.24, 2.45) is 5.41 Å². The van der Waals surface area contributed by atoms with Gasteiger partial charge in [-0.05, 0) is 32.3 Å². The smallest absolute Gasteiger partial charge is 0.0718 e. The molecule has 0 aliphatic heterocycles. The summed E-state index contributed by atoms with van der Waals surface area (Å²) < 4.78 is 5.93. The first-order valence-corrected chi connectivity index (χ1v) is 7.62. The fourth-order valence-electron chi connectivity index (χ4n) is 3.76. The lowest BCUT2D eigenvalue weighted by atomic mass is 9.60. The second-order valence-electron chi connectivity index (χ2n) is 5.67. The van der Waals surface area contributed by atoms with Crippen molar-refractivity contribution in [2.45, 2.75) is 51.2 Å². The molecule has 2 aliphatic rings. The van der Waals surface area contributed by atoms with E-state index in [0.717, 1.165) is 23.7 Å². The normalized spacial score (nSPS) is 28.3. The van der Waals surface area contributed by atoms with Gasteiger partial charge in [0.05, 0.1) is 23.0 Å². The van der Waals surface area contributed by atoms with Gasteiger partial charge in [-0.25, -0.2) is 0 Å². The number of aromatic nitrogens is 1. The van der Waals surface area contributed by atoms with E-state index in [4.69, 9.17) is 16.3 Å². The lowest BCUT2D eigenvalue weighted by molar-refractivity contribution is -0.114. The number of pyridine rings is 1. The van der Waals surface area contributed by atoms with Crippen LogP contribution >= 0.6 is 11.6 Å². The van der Waals surface area contributed by atoms with Crippen molar-refractivity contribution in [3.8, 4) is 0 Å². The molecule has 1 aromatic rings. The van der Waals surface area contributed by atoms with Gasteiger partial charge in [0.15, 0.2) is 0 Å². The van der Waals surface area contributed by atoms with E-state index >= 15 is 0 Å². The first-order valence-electron chi connectivity index (χ1n) is 7.24. The van der Waals surface area contributed by atoms with E-state index in [1.807, 2.05) is 12.3 Å². The van der Waals surface area contributed by atoms with E-state index in [0.29, 0.717) is 17.6 Å². The maximum absolute atomic E-state index is 6.21. The molecule has 1 spiro atoms. The van der Waals surface area contributed by atoms with Crippen LogP contribution in [0.2, 0.25) is 5.02 Å². The van der Waals surface area contributed by atoms with Crippen molar-refractivity contribution < 1.29 is 4.74 Å². The number of nitrogens with zero attached hydrogens (tertiary/aromatic N) is 1. The minimum Gasteiger partial charge on any atom is -0.379 e. The lowest BCUT2D eigenvalue weighted by Gasteiger charge is -2.54. The maximum Gasteiger partial charge on any atom is 0.0718 e. The van der Waals surface area contributed by atoms with Gasteiger partial charge in [-0.2, -0.15) is 0 Å². The molecule has 1 aromatic heterocycles. The van der Waals surface area contributed by atoms with E-state index < -0.39 is 0 Å².